The highest BCUT2D eigenvalue weighted by molar-refractivity contribution is 9.10. The van der Waals surface area contributed by atoms with Crippen LogP contribution in [0.15, 0.2) is 22.7 Å². The third-order valence-electron chi connectivity index (χ3n) is 3.21. The van der Waals surface area contributed by atoms with Gasteiger partial charge in [-0.3, -0.25) is 9.69 Å². The number of carbonyl (C=O) groups is 1. The molecule has 0 saturated heterocycles. The van der Waals surface area contributed by atoms with Gasteiger partial charge in [-0.25, -0.2) is 0 Å². The summed E-state index contributed by atoms with van der Waals surface area (Å²) in [5.74, 6) is 1.49. The van der Waals surface area contributed by atoms with Crippen molar-refractivity contribution in [2.45, 2.75) is 20.3 Å². The highest BCUT2D eigenvalue weighted by atomic mass is 79.9. The number of halogens is 1. The van der Waals surface area contributed by atoms with E-state index in [9.17, 15) is 4.79 Å². The zero-order valence-electron chi connectivity index (χ0n) is 12.1. The summed E-state index contributed by atoms with van der Waals surface area (Å²) in [6.07, 6.45) is 1.13. The van der Waals surface area contributed by atoms with Gasteiger partial charge in [0.1, 0.15) is 5.75 Å². The largest absolute Gasteiger partial charge is 0.496 e. The number of carbonyl (C=O) groups excluding carboxylic acids is 1. The Bertz CT molecular complexity index is 434. The topological polar surface area (TPSA) is 29.5 Å². The summed E-state index contributed by atoms with van der Waals surface area (Å²) >= 11 is 3.40. The highest BCUT2D eigenvalue weighted by Gasteiger charge is 2.12. The molecule has 0 radical (unpaired) electrons. The molecule has 0 aromatic heterocycles. The van der Waals surface area contributed by atoms with Crippen LogP contribution in [0.25, 0.3) is 0 Å². The number of nitrogens with zero attached hydrogens (tertiary/aromatic N) is 1. The van der Waals surface area contributed by atoms with Crippen LogP contribution >= 0.6 is 15.9 Å². The van der Waals surface area contributed by atoms with Crippen LogP contribution in [0.2, 0.25) is 0 Å². The van der Waals surface area contributed by atoms with Gasteiger partial charge in [0.15, 0.2) is 5.78 Å². The van der Waals surface area contributed by atoms with Gasteiger partial charge in [0.25, 0.3) is 0 Å². The molecular formula is C15H22BrNO2. The molecule has 0 heterocycles. The van der Waals surface area contributed by atoms with Gasteiger partial charge in [-0.2, -0.15) is 0 Å². The van der Waals surface area contributed by atoms with Crippen molar-refractivity contribution in [3.05, 3.63) is 28.2 Å². The van der Waals surface area contributed by atoms with Crippen molar-refractivity contribution < 1.29 is 9.53 Å². The predicted molar refractivity (Wildman–Crippen MR) is 82.0 cm³/mol. The molecule has 0 N–H and O–H groups in total. The number of methoxy groups -OCH3 is 1. The number of ketones is 1. The smallest absolute Gasteiger partial charge is 0.176 e. The molecule has 1 aromatic rings. The fraction of sp³-hybridized carbons (Fsp3) is 0.533. The van der Waals surface area contributed by atoms with Gasteiger partial charge in [-0.15, -0.1) is 0 Å². The molecule has 106 valence electrons. The first kappa shape index (κ1) is 16.2. The summed E-state index contributed by atoms with van der Waals surface area (Å²) in [6, 6.07) is 5.44. The third-order valence-corrected chi connectivity index (χ3v) is 3.83. The zero-order chi connectivity index (χ0) is 14.4. The minimum atomic E-state index is 0.133. The van der Waals surface area contributed by atoms with Crippen LogP contribution in [0.5, 0.6) is 5.75 Å². The zero-order valence-corrected chi connectivity index (χ0v) is 13.7. The Morgan fingerprint density at radius 2 is 2.16 bits per heavy atom. The molecule has 0 aliphatic heterocycles. The van der Waals surface area contributed by atoms with Gasteiger partial charge in [-0.05, 0) is 47.1 Å². The maximum absolute atomic E-state index is 12.2. The Morgan fingerprint density at radius 1 is 1.47 bits per heavy atom. The highest BCUT2D eigenvalue weighted by Crippen LogP contribution is 2.25. The van der Waals surface area contributed by atoms with E-state index >= 15 is 0 Å². The van der Waals surface area contributed by atoms with Crippen LogP contribution in [0.1, 0.15) is 30.6 Å². The van der Waals surface area contributed by atoms with Gasteiger partial charge >= 0.3 is 0 Å². The van der Waals surface area contributed by atoms with Crippen molar-refractivity contribution in [2.24, 2.45) is 5.92 Å². The van der Waals surface area contributed by atoms with Gasteiger partial charge in [0.05, 0.1) is 18.1 Å². The van der Waals surface area contributed by atoms with Crippen molar-refractivity contribution in [3.8, 4) is 5.75 Å². The second kappa shape index (κ2) is 7.65. The van der Waals surface area contributed by atoms with E-state index in [0.29, 0.717) is 18.0 Å². The number of likely N-dealkylation sites (N-methyl/N-ethyl adjacent to an activating group) is 1. The van der Waals surface area contributed by atoms with E-state index in [4.69, 9.17) is 4.74 Å². The Balaban J connectivity index is 2.65. The van der Waals surface area contributed by atoms with Gasteiger partial charge in [0, 0.05) is 12.1 Å². The maximum atomic E-state index is 12.2. The normalized spacial score (nSPS) is 12.5. The molecule has 0 aliphatic rings. The number of ether oxygens (including phenoxy) is 1. The molecule has 3 nitrogen and oxygen atoms in total. The van der Waals surface area contributed by atoms with Crippen molar-refractivity contribution in [1.29, 1.82) is 0 Å². The number of rotatable bonds is 7. The molecule has 1 aromatic carbocycles. The van der Waals surface area contributed by atoms with Crippen LogP contribution in [0.4, 0.5) is 0 Å². The van der Waals surface area contributed by atoms with E-state index in [1.807, 2.05) is 25.2 Å². The Hall–Kier alpha value is -0.870. The Kier molecular flexibility index (Phi) is 6.52. The molecule has 0 saturated carbocycles. The van der Waals surface area contributed by atoms with Crippen molar-refractivity contribution in [2.75, 3.05) is 27.2 Å². The minimum Gasteiger partial charge on any atom is -0.496 e. The molecule has 0 bridgehead atoms. The first-order valence-electron chi connectivity index (χ1n) is 6.53. The standard InChI is InChI=1S/C15H22BrNO2/c1-5-11(2)9-17(3)10-14(18)12-6-7-15(19-4)13(16)8-12/h6-8,11H,5,9-10H2,1-4H3. The molecule has 0 aliphatic carbocycles. The fourth-order valence-electron chi connectivity index (χ4n) is 1.90. The summed E-state index contributed by atoms with van der Waals surface area (Å²) in [7, 11) is 3.60. The third kappa shape index (κ3) is 4.96. The molecule has 1 atom stereocenters. The Morgan fingerprint density at radius 3 is 2.68 bits per heavy atom. The minimum absolute atomic E-state index is 0.133. The fourth-order valence-corrected chi connectivity index (χ4v) is 2.44. The SMILES string of the molecule is CCC(C)CN(C)CC(=O)c1ccc(OC)c(Br)c1. The van der Waals surface area contributed by atoms with E-state index < -0.39 is 0 Å². The summed E-state index contributed by atoms with van der Waals surface area (Å²) in [4.78, 5) is 14.3. The average Bonchev–Trinajstić information content (AvgIpc) is 2.38. The summed E-state index contributed by atoms with van der Waals surface area (Å²) in [5.41, 5.74) is 0.712. The summed E-state index contributed by atoms with van der Waals surface area (Å²) in [5, 5.41) is 0. The first-order valence-corrected chi connectivity index (χ1v) is 7.32. The lowest BCUT2D eigenvalue weighted by molar-refractivity contribution is 0.0938. The van der Waals surface area contributed by atoms with E-state index in [1.54, 1.807) is 7.11 Å². The van der Waals surface area contributed by atoms with E-state index in [0.717, 1.165) is 23.2 Å². The van der Waals surface area contributed by atoms with Gasteiger partial charge < -0.3 is 4.74 Å². The molecule has 0 amide bonds. The van der Waals surface area contributed by atoms with E-state index in [2.05, 4.69) is 34.7 Å². The number of benzene rings is 1. The van der Waals surface area contributed by atoms with Crippen LogP contribution in [0.3, 0.4) is 0 Å². The van der Waals surface area contributed by atoms with E-state index in [1.165, 1.54) is 0 Å². The summed E-state index contributed by atoms with van der Waals surface area (Å²) < 4.78 is 5.97. The van der Waals surface area contributed by atoms with Crippen LogP contribution < -0.4 is 4.74 Å². The number of hydrogen-bond acceptors (Lipinski definition) is 3. The van der Waals surface area contributed by atoms with Crippen LogP contribution in [-0.2, 0) is 0 Å². The second-order valence-electron chi connectivity index (χ2n) is 4.98. The quantitative estimate of drug-likeness (QED) is 0.716. The predicted octanol–water partition coefficient (Wildman–Crippen LogP) is 3.62. The molecule has 1 rings (SSSR count). The molecule has 0 spiro atoms. The Labute approximate surface area is 124 Å². The lowest BCUT2D eigenvalue weighted by Crippen LogP contribution is -2.30. The van der Waals surface area contributed by atoms with Crippen molar-refractivity contribution in [3.63, 3.8) is 0 Å². The lowest BCUT2D eigenvalue weighted by Gasteiger charge is -2.19. The number of Topliss-reactive ketones (excluding diaryl/α,β-unsaturated/α-hetero) is 1. The molecule has 0 fully saturated rings. The van der Waals surface area contributed by atoms with E-state index in [-0.39, 0.29) is 5.78 Å². The van der Waals surface area contributed by atoms with Crippen LogP contribution in [-0.4, -0.2) is 37.9 Å². The monoisotopic (exact) mass is 327 g/mol. The molecule has 4 heteroatoms. The first-order chi connectivity index (χ1) is 8.97. The molecule has 1 unspecified atom stereocenters. The maximum Gasteiger partial charge on any atom is 0.176 e. The molecular weight excluding hydrogens is 306 g/mol. The average molecular weight is 328 g/mol. The lowest BCUT2D eigenvalue weighted by atomic mass is 10.1. The number of hydrogen-bond donors (Lipinski definition) is 0. The molecule has 19 heavy (non-hydrogen) atoms. The van der Waals surface area contributed by atoms with Crippen molar-refractivity contribution in [1.82, 2.24) is 4.90 Å². The summed E-state index contributed by atoms with van der Waals surface area (Å²) in [6.45, 7) is 5.76. The van der Waals surface area contributed by atoms with Crippen molar-refractivity contribution >= 4 is 21.7 Å². The second-order valence-corrected chi connectivity index (χ2v) is 5.84. The van der Waals surface area contributed by atoms with Crippen LogP contribution in [0, 0.1) is 5.92 Å². The van der Waals surface area contributed by atoms with Gasteiger partial charge in [-0.1, -0.05) is 20.3 Å². The van der Waals surface area contributed by atoms with Gasteiger partial charge in [0.2, 0.25) is 0 Å².